The van der Waals surface area contributed by atoms with Gasteiger partial charge in [0, 0.05) is 32.3 Å². The highest BCUT2D eigenvalue weighted by Crippen LogP contribution is 2.22. The lowest BCUT2D eigenvalue weighted by atomic mass is 10.1. The van der Waals surface area contributed by atoms with E-state index in [1.807, 2.05) is 7.05 Å². The van der Waals surface area contributed by atoms with Crippen LogP contribution in [0.25, 0.3) is 0 Å². The van der Waals surface area contributed by atoms with E-state index < -0.39 is 0 Å². The molecule has 1 fully saturated rings. The first-order valence-corrected chi connectivity index (χ1v) is 7.57. The van der Waals surface area contributed by atoms with E-state index in [0.717, 1.165) is 43.5 Å². The Hall–Kier alpha value is -0.580. The van der Waals surface area contributed by atoms with Crippen LogP contribution >= 0.6 is 11.6 Å². The Labute approximate surface area is 120 Å². The Kier molecular flexibility index (Phi) is 5.25. The predicted octanol–water partition coefficient (Wildman–Crippen LogP) is 2.64. The topological polar surface area (TPSA) is 30.3 Å². The van der Waals surface area contributed by atoms with E-state index in [1.165, 1.54) is 18.4 Å². The van der Waals surface area contributed by atoms with Crippen molar-refractivity contribution in [3.05, 3.63) is 16.4 Å². The van der Waals surface area contributed by atoms with Crippen LogP contribution in [0.5, 0.6) is 0 Å². The number of ether oxygens (including phenoxy) is 1. The van der Waals surface area contributed by atoms with Crippen LogP contribution in [0.15, 0.2) is 0 Å². The van der Waals surface area contributed by atoms with Gasteiger partial charge in [-0.2, -0.15) is 5.10 Å². The summed E-state index contributed by atoms with van der Waals surface area (Å²) in [6, 6.07) is 0. The molecular weight excluding hydrogens is 262 g/mol. The zero-order valence-corrected chi connectivity index (χ0v) is 12.9. The quantitative estimate of drug-likeness (QED) is 0.805. The average molecular weight is 286 g/mol. The molecule has 0 aromatic carbocycles. The summed E-state index contributed by atoms with van der Waals surface area (Å²) in [6.07, 6.45) is 3.68. The van der Waals surface area contributed by atoms with Gasteiger partial charge in [-0.05, 0) is 25.8 Å². The second-order valence-electron chi connectivity index (χ2n) is 5.16. The third-order valence-corrected chi connectivity index (χ3v) is 4.27. The first-order valence-electron chi connectivity index (χ1n) is 7.19. The lowest BCUT2D eigenvalue weighted by Crippen LogP contribution is -2.31. The van der Waals surface area contributed by atoms with Gasteiger partial charge in [0.1, 0.15) is 5.15 Å². The first kappa shape index (κ1) is 14.8. The lowest BCUT2D eigenvalue weighted by molar-refractivity contribution is 0.0724. The van der Waals surface area contributed by atoms with Gasteiger partial charge in [0.2, 0.25) is 0 Å². The number of nitrogens with zero attached hydrogens (tertiary/aromatic N) is 3. The van der Waals surface area contributed by atoms with E-state index in [-0.39, 0.29) is 0 Å². The summed E-state index contributed by atoms with van der Waals surface area (Å²) in [5, 5.41) is 5.24. The molecule has 108 valence electrons. The van der Waals surface area contributed by atoms with Gasteiger partial charge in [0.25, 0.3) is 0 Å². The minimum absolute atomic E-state index is 0.389. The standard InChI is InChI=1S/C14H24ClN3O/c1-4-13-12(14(15)17(3)16-13)10-18(5-2)9-11-7-6-8-19-11/h11H,4-10H2,1-3H3/t11-/m1/s1. The molecule has 1 aromatic rings. The summed E-state index contributed by atoms with van der Waals surface area (Å²) in [5.74, 6) is 0. The van der Waals surface area contributed by atoms with Crippen LogP contribution in [0.4, 0.5) is 0 Å². The van der Waals surface area contributed by atoms with Crippen molar-refractivity contribution in [1.29, 1.82) is 0 Å². The van der Waals surface area contributed by atoms with E-state index in [4.69, 9.17) is 16.3 Å². The molecule has 0 spiro atoms. The number of rotatable bonds is 6. The fraction of sp³-hybridized carbons (Fsp3) is 0.786. The molecule has 0 amide bonds. The molecule has 4 nitrogen and oxygen atoms in total. The Bertz CT molecular complexity index is 413. The first-order chi connectivity index (χ1) is 9.15. The van der Waals surface area contributed by atoms with Crippen LogP contribution in [-0.4, -0.2) is 40.5 Å². The smallest absolute Gasteiger partial charge is 0.131 e. The zero-order chi connectivity index (χ0) is 13.8. The molecule has 1 aliphatic heterocycles. The molecule has 0 bridgehead atoms. The van der Waals surface area contributed by atoms with Crippen LogP contribution in [0.1, 0.15) is 37.9 Å². The highest BCUT2D eigenvalue weighted by atomic mass is 35.5. The lowest BCUT2D eigenvalue weighted by Gasteiger charge is -2.23. The Morgan fingerprint density at radius 2 is 2.26 bits per heavy atom. The summed E-state index contributed by atoms with van der Waals surface area (Å²) in [5.41, 5.74) is 2.28. The molecule has 2 heterocycles. The van der Waals surface area contributed by atoms with Crippen LogP contribution in [0.2, 0.25) is 5.15 Å². The van der Waals surface area contributed by atoms with Crippen LogP contribution in [0.3, 0.4) is 0 Å². The number of aromatic nitrogens is 2. The van der Waals surface area contributed by atoms with Crippen molar-refractivity contribution in [2.75, 3.05) is 19.7 Å². The second kappa shape index (κ2) is 6.73. The number of halogens is 1. The van der Waals surface area contributed by atoms with Crippen LogP contribution < -0.4 is 0 Å². The van der Waals surface area contributed by atoms with Crippen molar-refractivity contribution in [1.82, 2.24) is 14.7 Å². The number of likely N-dealkylation sites (N-methyl/N-ethyl adjacent to an activating group) is 1. The minimum atomic E-state index is 0.389. The average Bonchev–Trinajstić information content (AvgIpc) is 3.01. The molecule has 1 aromatic heterocycles. The fourth-order valence-corrected chi connectivity index (χ4v) is 2.85. The molecule has 0 N–H and O–H groups in total. The largest absolute Gasteiger partial charge is 0.377 e. The molecule has 0 saturated carbocycles. The summed E-state index contributed by atoms with van der Waals surface area (Å²) >= 11 is 6.35. The molecule has 1 aliphatic rings. The monoisotopic (exact) mass is 285 g/mol. The Balaban J connectivity index is 2.04. The maximum absolute atomic E-state index is 6.35. The summed E-state index contributed by atoms with van der Waals surface area (Å²) in [4.78, 5) is 2.40. The van der Waals surface area contributed by atoms with Crippen molar-refractivity contribution in [3.8, 4) is 0 Å². The summed E-state index contributed by atoms with van der Waals surface area (Å²) in [6.45, 7) is 8.09. The summed E-state index contributed by atoms with van der Waals surface area (Å²) in [7, 11) is 1.90. The maximum atomic E-state index is 6.35. The van der Waals surface area contributed by atoms with Gasteiger partial charge >= 0.3 is 0 Å². The van der Waals surface area contributed by atoms with Gasteiger partial charge in [-0.1, -0.05) is 25.4 Å². The van der Waals surface area contributed by atoms with Gasteiger partial charge in [-0.15, -0.1) is 0 Å². The van der Waals surface area contributed by atoms with Crippen LogP contribution in [-0.2, 0) is 24.8 Å². The zero-order valence-electron chi connectivity index (χ0n) is 12.2. The minimum Gasteiger partial charge on any atom is -0.377 e. The molecule has 0 aliphatic carbocycles. The Morgan fingerprint density at radius 3 is 2.84 bits per heavy atom. The van der Waals surface area contributed by atoms with Gasteiger partial charge in [-0.3, -0.25) is 9.58 Å². The normalized spacial score (nSPS) is 19.5. The number of hydrogen-bond donors (Lipinski definition) is 0. The molecule has 1 saturated heterocycles. The van der Waals surface area contributed by atoms with E-state index >= 15 is 0 Å². The third kappa shape index (κ3) is 3.50. The Morgan fingerprint density at radius 1 is 1.47 bits per heavy atom. The second-order valence-corrected chi connectivity index (χ2v) is 5.51. The van der Waals surface area contributed by atoms with E-state index in [1.54, 1.807) is 4.68 Å². The highest BCUT2D eigenvalue weighted by Gasteiger charge is 2.21. The van der Waals surface area contributed by atoms with Gasteiger partial charge in [0.05, 0.1) is 11.8 Å². The van der Waals surface area contributed by atoms with Crippen molar-refractivity contribution in [2.45, 2.75) is 45.8 Å². The number of aryl methyl sites for hydroxylation is 2. The van der Waals surface area contributed by atoms with E-state index in [2.05, 4.69) is 23.8 Å². The highest BCUT2D eigenvalue weighted by molar-refractivity contribution is 6.30. The van der Waals surface area contributed by atoms with Crippen molar-refractivity contribution >= 4 is 11.6 Å². The fourth-order valence-electron chi connectivity index (χ4n) is 2.65. The van der Waals surface area contributed by atoms with Crippen molar-refractivity contribution in [3.63, 3.8) is 0 Å². The number of hydrogen-bond acceptors (Lipinski definition) is 3. The molecule has 5 heteroatoms. The molecule has 1 atom stereocenters. The van der Waals surface area contributed by atoms with Gasteiger partial charge in [0.15, 0.2) is 0 Å². The van der Waals surface area contributed by atoms with Crippen molar-refractivity contribution in [2.24, 2.45) is 7.05 Å². The molecule has 0 radical (unpaired) electrons. The van der Waals surface area contributed by atoms with Crippen LogP contribution in [0, 0.1) is 0 Å². The summed E-state index contributed by atoms with van der Waals surface area (Å²) < 4.78 is 7.49. The van der Waals surface area contributed by atoms with Gasteiger partial charge in [-0.25, -0.2) is 0 Å². The molecule has 0 unspecified atom stereocenters. The maximum Gasteiger partial charge on any atom is 0.131 e. The van der Waals surface area contributed by atoms with Crippen molar-refractivity contribution < 1.29 is 4.74 Å². The van der Waals surface area contributed by atoms with Gasteiger partial charge < -0.3 is 4.74 Å². The van der Waals surface area contributed by atoms with E-state index in [9.17, 15) is 0 Å². The molecular formula is C14H24ClN3O. The third-order valence-electron chi connectivity index (χ3n) is 3.80. The molecule has 19 heavy (non-hydrogen) atoms. The SMILES string of the molecule is CCc1nn(C)c(Cl)c1CN(CC)C[C@H]1CCCO1. The molecule has 2 rings (SSSR count). The predicted molar refractivity (Wildman–Crippen MR) is 77.5 cm³/mol. The van der Waals surface area contributed by atoms with E-state index in [0.29, 0.717) is 6.10 Å².